The van der Waals surface area contributed by atoms with Gasteiger partial charge in [0.15, 0.2) is 0 Å². The largest absolute Gasteiger partial charge is 0.378 e. The molecule has 2 aromatic rings. The monoisotopic (exact) mass is 224 g/mol. The predicted molar refractivity (Wildman–Crippen MR) is 73.3 cm³/mol. The molecular formula is C15H16N2. The Bertz CT molecular complexity index is 559. The predicted octanol–water partition coefficient (Wildman–Crippen LogP) is 3.40. The smallest absolute Gasteiger partial charge is 0.0441 e. The number of hydrogen-bond acceptors (Lipinski definition) is 2. The van der Waals surface area contributed by atoms with Gasteiger partial charge in [-0.2, -0.15) is 0 Å². The van der Waals surface area contributed by atoms with Crippen molar-refractivity contribution in [1.82, 2.24) is 0 Å². The Morgan fingerprint density at radius 2 is 1.71 bits per heavy atom. The van der Waals surface area contributed by atoms with E-state index in [0.29, 0.717) is 0 Å². The Labute approximate surface area is 102 Å². The molecule has 17 heavy (non-hydrogen) atoms. The molecule has 1 N–H and O–H groups in total. The van der Waals surface area contributed by atoms with Gasteiger partial charge in [-0.15, -0.1) is 0 Å². The van der Waals surface area contributed by atoms with Gasteiger partial charge >= 0.3 is 0 Å². The van der Waals surface area contributed by atoms with Crippen LogP contribution in [0.15, 0.2) is 42.5 Å². The third kappa shape index (κ3) is 1.76. The standard InChI is InChI=1S/C15H16N2/c1-17(2)13-8-7-12-9-11-5-3-4-6-14(11)16-15(12)10-13/h3-8,10,16H,9H2,1-2H3. The van der Waals surface area contributed by atoms with Crippen molar-refractivity contribution in [3.8, 4) is 0 Å². The van der Waals surface area contributed by atoms with Crippen LogP contribution in [-0.2, 0) is 6.42 Å². The molecule has 1 aliphatic heterocycles. The molecule has 2 heteroatoms. The lowest BCUT2D eigenvalue weighted by atomic mass is 9.97. The Balaban J connectivity index is 2.03. The van der Waals surface area contributed by atoms with Gasteiger partial charge < -0.3 is 10.2 Å². The molecule has 0 radical (unpaired) electrons. The van der Waals surface area contributed by atoms with E-state index in [1.807, 2.05) is 0 Å². The van der Waals surface area contributed by atoms with Crippen LogP contribution in [0.4, 0.5) is 17.1 Å². The topological polar surface area (TPSA) is 15.3 Å². The quantitative estimate of drug-likeness (QED) is 0.681. The van der Waals surface area contributed by atoms with E-state index >= 15 is 0 Å². The molecule has 86 valence electrons. The zero-order valence-electron chi connectivity index (χ0n) is 10.2. The van der Waals surface area contributed by atoms with Crippen molar-refractivity contribution in [2.45, 2.75) is 6.42 Å². The van der Waals surface area contributed by atoms with Crippen LogP contribution in [0.3, 0.4) is 0 Å². The van der Waals surface area contributed by atoms with Crippen LogP contribution in [0.2, 0.25) is 0 Å². The maximum atomic E-state index is 3.51. The minimum atomic E-state index is 1.02. The van der Waals surface area contributed by atoms with Crippen molar-refractivity contribution < 1.29 is 0 Å². The fourth-order valence-corrected chi connectivity index (χ4v) is 2.26. The van der Waals surface area contributed by atoms with Gasteiger partial charge in [0.1, 0.15) is 0 Å². The normalized spacial score (nSPS) is 12.4. The summed E-state index contributed by atoms with van der Waals surface area (Å²) >= 11 is 0. The third-order valence-electron chi connectivity index (χ3n) is 3.28. The number of hydrogen-bond donors (Lipinski definition) is 1. The first-order chi connectivity index (χ1) is 8.24. The summed E-state index contributed by atoms with van der Waals surface area (Å²) in [4.78, 5) is 2.13. The van der Waals surface area contributed by atoms with E-state index in [1.54, 1.807) is 0 Å². The van der Waals surface area contributed by atoms with Gasteiger partial charge in [0.05, 0.1) is 0 Å². The molecule has 0 saturated heterocycles. The highest BCUT2D eigenvalue weighted by Gasteiger charge is 2.14. The molecule has 0 fully saturated rings. The number of nitrogens with one attached hydrogen (secondary N) is 1. The van der Waals surface area contributed by atoms with Gasteiger partial charge in [-0.05, 0) is 29.3 Å². The highest BCUT2D eigenvalue weighted by atomic mass is 15.1. The number of para-hydroxylation sites is 1. The highest BCUT2D eigenvalue weighted by molar-refractivity contribution is 5.74. The minimum absolute atomic E-state index is 1.02. The maximum absolute atomic E-state index is 3.51. The maximum Gasteiger partial charge on any atom is 0.0441 e. The van der Waals surface area contributed by atoms with E-state index in [4.69, 9.17) is 0 Å². The highest BCUT2D eigenvalue weighted by Crippen LogP contribution is 2.34. The second-order valence-corrected chi connectivity index (χ2v) is 4.69. The van der Waals surface area contributed by atoms with Gasteiger partial charge in [-0.3, -0.25) is 0 Å². The summed E-state index contributed by atoms with van der Waals surface area (Å²) in [6.45, 7) is 0. The summed E-state index contributed by atoms with van der Waals surface area (Å²) in [6.07, 6.45) is 1.02. The fraction of sp³-hybridized carbons (Fsp3) is 0.200. The van der Waals surface area contributed by atoms with E-state index < -0.39 is 0 Å². The molecule has 0 bridgehead atoms. The van der Waals surface area contributed by atoms with E-state index in [0.717, 1.165) is 6.42 Å². The molecule has 0 saturated carbocycles. The molecule has 1 aliphatic rings. The van der Waals surface area contributed by atoms with Crippen LogP contribution in [0.25, 0.3) is 0 Å². The van der Waals surface area contributed by atoms with Crippen molar-refractivity contribution in [3.63, 3.8) is 0 Å². The minimum Gasteiger partial charge on any atom is -0.378 e. The number of nitrogens with zero attached hydrogens (tertiary/aromatic N) is 1. The van der Waals surface area contributed by atoms with Crippen LogP contribution in [0.5, 0.6) is 0 Å². The zero-order valence-corrected chi connectivity index (χ0v) is 10.2. The summed E-state index contributed by atoms with van der Waals surface area (Å²) < 4.78 is 0. The molecule has 0 amide bonds. The Kier molecular flexibility index (Phi) is 2.29. The van der Waals surface area contributed by atoms with E-state index in [1.165, 1.54) is 28.2 Å². The molecule has 0 spiro atoms. The SMILES string of the molecule is CN(C)c1ccc2c(c1)Nc1ccccc1C2. The summed E-state index contributed by atoms with van der Waals surface area (Å²) in [6, 6.07) is 15.1. The van der Waals surface area contributed by atoms with Crippen LogP contribution in [0.1, 0.15) is 11.1 Å². The van der Waals surface area contributed by atoms with Crippen molar-refractivity contribution in [1.29, 1.82) is 0 Å². The molecule has 0 aliphatic carbocycles. The lowest BCUT2D eigenvalue weighted by molar-refractivity contribution is 1.11. The first kappa shape index (κ1) is 10.2. The second-order valence-electron chi connectivity index (χ2n) is 4.69. The van der Waals surface area contributed by atoms with Crippen molar-refractivity contribution in [2.75, 3.05) is 24.3 Å². The summed E-state index contributed by atoms with van der Waals surface area (Å²) in [5, 5.41) is 3.51. The lowest BCUT2D eigenvalue weighted by Gasteiger charge is -2.23. The van der Waals surface area contributed by atoms with Gasteiger partial charge in [0.2, 0.25) is 0 Å². The number of fused-ring (bicyclic) bond motifs is 2. The van der Waals surface area contributed by atoms with Crippen molar-refractivity contribution in [2.24, 2.45) is 0 Å². The van der Waals surface area contributed by atoms with Gasteiger partial charge in [-0.1, -0.05) is 24.3 Å². The van der Waals surface area contributed by atoms with Gasteiger partial charge in [0.25, 0.3) is 0 Å². The molecule has 3 rings (SSSR count). The molecule has 0 unspecified atom stereocenters. The molecular weight excluding hydrogens is 208 g/mol. The lowest BCUT2D eigenvalue weighted by Crippen LogP contribution is -2.11. The average molecular weight is 224 g/mol. The molecule has 0 atom stereocenters. The van der Waals surface area contributed by atoms with E-state index in [2.05, 4.69) is 66.8 Å². The second kappa shape index (κ2) is 3.81. The summed E-state index contributed by atoms with van der Waals surface area (Å²) in [5.41, 5.74) is 6.44. The summed E-state index contributed by atoms with van der Waals surface area (Å²) in [7, 11) is 4.14. The Morgan fingerprint density at radius 1 is 0.941 bits per heavy atom. The van der Waals surface area contributed by atoms with Crippen LogP contribution >= 0.6 is 0 Å². The number of rotatable bonds is 1. The van der Waals surface area contributed by atoms with E-state index in [-0.39, 0.29) is 0 Å². The first-order valence-electron chi connectivity index (χ1n) is 5.89. The Hall–Kier alpha value is -1.96. The first-order valence-corrected chi connectivity index (χ1v) is 5.89. The van der Waals surface area contributed by atoms with Gasteiger partial charge in [-0.25, -0.2) is 0 Å². The number of benzene rings is 2. The third-order valence-corrected chi connectivity index (χ3v) is 3.28. The number of anilines is 3. The van der Waals surface area contributed by atoms with Crippen molar-refractivity contribution in [3.05, 3.63) is 53.6 Å². The zero-order chi connectivity index (χ0) is 11.8. The van der Waals surface area contributed by atoms with Crippen LogP contribution in [0, 0.1) is 0 Å². The van der Waals surface area contributed by atoms with Crippen molar-refractivity contribution >= 4 is 17.1 Å². The van der Waals surface area contributed by atoms with E-state index in [9.17, 15) is 0 Å². The average Bonchev–Trinajstić information content (AvgIpc) is 2.35. The fourth-order valence-electron chi connectivity index (χ4n) is 2.26. The van der Waals surface area contributed by atoms with Crippen LogP contribution in [-0.4, -0.2) is 14.1 Å². The molecule has 2 nitrogen and oxygen atoms in total. The molecule has 1 heterocycles. The molecule has 2 aromatic carbocycles. The molecule has 0 aromatic heterocycles. The Morgan fingerprint density at radius 3 is 2.53 bits per heavy atom. The van der Waals surface area contributed by atoms with Gasteiger partial charge in [0, 0.05) is 37.6 Å². The van der Waals surface area contributed by atoms with Crippen LogP contribution < -0.4 is 10.2 Å². The summed E-state index contributed by atoms with van der Waals surface area (Å²) in [5.74, 6) is 0.